The highest BCUT2D eigenvalue weighted by Gasteiger charge is 2.24. The molecule has 2 heterocycles. The molecule has 5 aromatic rings. The molecule has 0 aliphatic carbocycles. The predicted octanol–water partition coefficient (Wildman–Crippen LogP) is 6.87. The molecule has 1 aromatic heterocycles. The SMILES string of the molecule is c1ccc(-n2cc(-c3ccc(N4c5ccccc5Sc5ccccc54)cc3)nn2)cc1. The molecule has 1 aliphatic heterocycles. The van der Waals surface area contributed by atoms with E-state index in [-0.39, 0.29) is 0 Å². The minimum Gasteiger partial charge on any atom is -0.308 e. The maximum absolute atomic E-state index is 4.37. The van der Waals surface area contributed by atoms with Gasteiger partial charge in [0.2, 0.25) is 0 Å². The van der Waals surface area contributed by atoms with Crippen molar-refractivity contribution in [3.05, 3.63) is 109 Å². The second-order valence-corrected chi connectivity index (χ2v) is 8.39. The summed E-state index contributed by atoms with van der Waals surface area (Å²) >= 11 is 1.82. The van der Waals surface area contributed by atoms with Crippen molar-refractivity contribution in [2.75, 3.05) is 4.90 Å². The summed E-state index contributed by atoms with van der Waals surface area (Å²) < 4.78 is 1.80. The lowest BCUT2D eigenvalue weighted by Gasteiger charge is -2.32. The van der Waals surface area contributed by atoms with Gasteiger partial charge in [-0.05, 0) is 48.5 Å². The van der Waals surface area contributed by atoms with Crippen LogP contribution < -0.4 is 4.90 Å². The highest BCUT2D eigenvalue weighted by molar-refractivity contribution is 7.99. The lowest BCUT2D eigenvalue weighted by Crippen LogP contribution is -2.14. The summed E-state index contributed by atoms with van der Waals surface area (Å²) in [5.74, 6) is 0. The number of aromatic nitrogens is 3. The fourth-order valence-corrected chi connectivity index (χ4v) is 4.93. The van der Waals surface area contributed by atoms with Crippen LogP contribution in [0.15, 0.2) is 119 Å². The summed E-state index contributed by atoms with van der Waals surface area (Å²) in [6, 6.07) is 35.7. The standard InChI is InChI=1S/C26H18N4S/c1-2-8-20(9-3-1)29-18-22(27-28-29)19-14-16-21(17-15-19)30-23-10-4-6-12-25(23)31-26-13-7-5-11-24(26)30/h1-18H. The van der Waals surface area contributed by atoms with Crippen LogP contribution in [0, 0.1) is 0 Å². The zero-order valence-electron chi connectivity index (χ0n) is 16.6. The van der Waals surface area contributed by atoms with Crippen molar-refractivity contribution in [1.82, 2.24) is 15.0 Å². The summed E-state index contributed by atoms with van der Waals surface area (Å²) in [5, 5.41) is 8.66. The first-order valence-electron chi connectivity index (χ1n) is 10.1. The molecule has 1 aliphatic rings. The van der Waals surface area contributed by atoms with Crippen molar-refractivity contribution in [3.8, 4) is 16.9 Å². The highest BCUT2D eigenvalue weighted by atomic mass is 32.2. The largest absolute Gasteiger partial charge is 0.308 e. The lowest BCUT2D eigenvalue weighted by atomic mass is 10.1. The van der Waals surface area contributed by atoms with E-state index in [4.69, 9.17) is 0 Å². The first-order valence-corrected chi connectivity index (χ1v) is 10.9. The lowest BCUT2D eigenvalue weighted by molar-refractivity contribution is 0.804. The number of anilines is 3. The van der Waals surface area contributed by atoms with Crippen LogP contribution in [0.3, 0.4) is 0 Å². The monoisotopic (exact) mass is 418 g/mol. The molecule has 0 spiro atoms. The molecular weight excluding hydrogens is 400 g/mol. The van der Waals surface area contributed by atoms with E-state index < -0.39 is 0 Å². The summed E-state index contributed by atoms with van der Waals surface area (Å²) in [7, 11) is 0. The van der Waals surface area contributed by atoms with E-state index in [9.17, 15) is 0 Å². The molecule has 6 rings (SSSR count). The third-order valence-corrected chi connectivity index (χ3v) is 6.50. The molecule has 31 heavy (non-hydrogen) atoms. The molecule has 5 heteroatoms. The Hall–Kier alpha value is -3.83. The van der Waals surface area contributed by atoms with E-state index in [0.717, 1.165) is 22.6 Å². The Bertz CT molecular complexity index is 1310. The number of rotatable bonds is 3. The molecule has 4 nitrogen and oxygen atoms in total. The van der Waals surface area contributed by atoms with Crippen LogP contribution in [-0.4, -0.2) is 15.0 Å². The summed E-state index contributed by atoms with van der Waals surface area (Å²) in [4.78, 5) is 4.85. The van der Waals surface area contributed by atoms with Gasteiger partial charge in [-0.15, -0.1) is 5.10 Å². The Morgan fingerprint density at radius 2 is 1.19 bits per heavy atom. The maximum atomic E-state index is 4.37. The van der Waals surface area contributed by atoms with Crippen molar-refractivity contribution in [2.45, 2.75) is 9.79 Å². The summed E-state index contributed by atoms with van der Waals surface area (Å²) in [6.45, 7) is 0. The van der Waals surface area contributed by atoms with Gasteiger partial charge >= 0.3 is 0 Å². The Morgan fingerprint density at radius 3 is 1.87 bits per heavy atom. The van der Waals surface area contributed by atoms with E-state index in [1.54, 1.807) is 4.68 Å². The third kappa shape index (κ3) is 3.20. The number of benzene rings is 4. The van der Waals surface area contributed by atoms with Crippen molar-refractivity contribution in [1.29, 1.82) is 0 Å². The normalized spacial score (nSPS) is 12.3. The molecule has 0 N–H and O–H groups in total. The van der Waals surface area contributed by atoms with Crippen LogP contribution in [0.1, 0.15) is 0 Å². The molecule has 0 unspecified atom stereocenters. The minimum atomic E-state index is 0.852. The van der Waals surface area contributed by atoms with Gasteiger partial charge in [0.25, 0.3) is 0 Å². The predicted molar refractivity (Wildman–Crippen MR) is 126 cm³/mol. The first kappa shape index (κ1) is 18.0. The number of hydrogen-bond donors (Lipinski definition) is 0. The number of nitrogens with zero attached hydrogens (tertiary/aromatic N) is 4. The van der Waals surface area contributed by atoms with E-state index in [1.807, 2.05) is 48.3 Å². The summed E-state index contributed by atoms with van der Waals surface area (Å²) in [6.07, 6.45) is 1.96. The zero-order chi connectivity index (χ0) is 20.6. The molecule has 0 saturated heterocycles. The van der Waals surface area contributed by atoms with Gasteiger partial charge in [-0.25, -0.2) is 4.68 Å². The Kier molecular flexibility index (Phi) is 4.32. The van der Waals surface area contributed by atoms with Gasteiger partial charge in [-0.1, -0.05) is 71.6 Å². The average Bonchev–Trinajstić information content (AvgIpc) is 3.34. The fourth-order valence-electron chi connectivity index (χ4n) is 3.87. The van der Waals surface area contributed by atoms with E-state index in [1.165, 1.54) is 21.2 Å². The van der Waals surface area contributed by atoms with Gasteiger partial charge in [-0.3, -0.25) is 0 Å². The Labute approximate surface area is 184 Å². The molecule has 0 saturated carbocycles. The number of para-hydroxylation sites is 3. The van der Waals surface area contributed by atoms with E-state index in [0.29, 0.717) is 0 Å². The fraction of sp³-hybridized carbons (Fsp3) is 0. The molecular formula is C26H18N4S. The molecule has 0 fully saturated rings. The Balaban J connectivity index is 1.37. The molecule has 0 atom stereocenters. The van der Waals surface area contributed by atoms with Gasteiger partial charge < -0.3 is 4.90 Å². The van der Waals surface area contributed by atoms with Gasteiger partial charge in [0.15, 0.2) is 0 Å². The van der Waals surface area contributed by atoms with Crippen LogP contribution in [0.25, 0.3) is 16.9 Å². The first-order chi connectivity index (χ1) is 15.4. The summed E-state index contributed by atoms with van der Waals surface area (Å²) in [5.41, 5.74) is 6.42. The maximum Gasteiger partial charge on any atom is 0.113 e. The average molecular weight is 419 g/mol. The molecule has 4 aromatic carbocycles. The molecule has 148 valence electrons. The van der Waals surface area contributed by atoms with Gasteiger partial charge in [0, 0.05) is 21.0 Å². The minimum absolute atomic E-state index is 0.852. The quantitative estimate of drug-likeness (QED) is 0.314. The van der Waals surface area contributed by atoms with E-state index in [2.05, 4.69) is 88.0 Å². The van der Waals surface area contributed by atoms with Crippen molar-refractivity contribution >= 4 is 28.8 Å². The van der Waals surface area contributed by atoms with Crippen LogP contribution in [0.4, 0.5) is 17.1 Å². The zero-order valence-corrected chi connectivity index (χ0v) is 17.4. The second-order valence-electron chi connectivity index (χ2n) is 7.30. The molecule has 0 radical (unpaired) electrons. The van der Waals surface area contributed by atoms with Gasteiger partial charge in [-0.2, -0.15) is 0 Å². The molecule has 0 bridgehead atoms. The number of hydrogen-bond acceptors (Lipinski definition) is 4. The molecule has 0 amide bonds. The highest BCUT2D eigenvalue weighted by Crippen LogP contribution is 2.51. The van der Waals surface area contributed by atoms with Crippen LogP contribution >= 0.6 is 11.8 Å². The van der Waals surface area contributed by atoms with E-state index >= 15 is 0 Å². The third-order valence-electron chi connectivity index (χ3n) is 5.37. The second kappa shape index (κ2) is 7.45. The van der Waals surface area contributed by atoms with Crippen molar-refractivity contribution in [3.63, 3.8) is 0 Å². The van der Waals surface area contributed by atoms with Crippen LogP contribution in [-0.2, 0) is 0 Å². The van der Waals surface area contributed by atoms with Gasteiger partial charge in [0.05, 0.1) is 23.3 Å². The van der Waals surface area contributed by atoms with Crippen molar-refractivity contribution in [2.24, 2.45) is 0 Å². The van der Waals surface area contributed by atoms with Gasteiger partial charge in [0.1, 0.15) is 5.69 Å². The number of fused-ring (bicyclic) bond motifs is 2. The van der Waals surface area contributed by atoms with Crippen LogP contribution in [0.5, 0.6) is 0 Å². The van der Waals surface area contributed by atoms with Crippen LogP contribution in [0.2, 0.25) is 0 Å². The smallest absolute Gasteiger partial charge is 0.113 e. The van der Waals surface area contributed by atoms with Crippen molar-refractivity contribution < 1.29 is 0 Å². The topological polar surface area (TPSA) is 34.0 Å². The Morgan fingerprint density at radius 1 is 0.581 bits per heavy atom.